The van der Waals surface area contributed by atoms with Gasteiger partial charge >= 0.3 is 0 Å². The van der Waals surface area contributed by atoms with Crippen molar-refractivity contribution in [1.82, 2.24) is 0 Å². The van der Waals surface area contributed by atoms with Crippen molar-refractivity contribution < 1.29 is 4.74 Å². The summed E-state index contributed by atoms with van der Waals surface area (Å²) in [5.41, 5.74) is 9.46. The van der Waals surface area contributed by atoms with Crippen LogP contribution in [-0.4, -0.2) is 6.10 Å². The molecule has 0 aromatic heterocycles. The highest BCUT2D eigenvalue weighted by Gasteiger charge is 2.23. The zero-order chi connectivity index (χ0) is 14.1. The predicted octanol–water partition coefficient (Wildman–Crippen LogP) is 4.24. The highest BCUT2D eigenvalue weighted by atomic mass is 35.5. The van der Waals surface area contributed by atoms with Crippen LogP contribution < -0.4 is 10.5 Å². The van der Waals surface area contributed by atoms with Gasteiger partial charge in [0.15, 0.2) is 0 Å². The number of aryl methyl sites for hydroxylation is 1. The third-order valence-electron chi connectivity index (χ3n) is 3.60. The van der Waals surface area contributed by atoms with Crippen molar-refractivity contribution in [2.45, 2.75) is 31.9 Å². The first kappa shape index (κ1) is 13.5. The van der Waals surface area contributed by atoms with Gasteiger partial charge in [0.2, 0.25) is 0 Å². The van der Waals surface area contributed by atoms with Gasteiger partial charge in [-0.05, 0) is 54.7 Å². The molecule has 1 saturated carbocycles. The van der Waals surface area contributed by atoms with Gasteiger partial charge in [-0.25, -0.2) is 0 Å². The van der Waals surface area contributed by atoms with Crippen LogP contribution in [0.4, 0.5) is 0 Å². The minimum Gasteiger partial charge on any atom is -0.490 e. The van der Waals surface area contributed by atoms with Gasteiger partial charge in [-0.1, -0.05) is 35.9 Å². The van der Waals surface area contributed by atoms with E-state index in [0.717, 1.165) is 40.3 Å². The van der Waals surface area contributed by atoms with Crippen LogP contribution in [0.15, 0.2) is 42.5 Å². The lowest BCUT2D eigenvalue weighted by Gasteiger charge is -2.15. The topological polar surface area (TPSA) is 35.2 Å². The van der Waals surface area contributed by atoms with Gasteiger partial charge in [0.05, 0.1) is 12.1 Å². The molecule has 1 aliphatic rings. The van der Waals surface area contributed by atoms with Crippen LogP contribution in [0.2, 0.25) is 5.02 Å². The average molecular weight is 288 g/mol. The third kappa shape index (κ3) is 2.97. The molecule has 2 nitrogen and oxygen atoms in total. The molecule has 3 rings (SSSR count). The summed E-state index contributed by atoms with van der Waals surface area (Å²) in [6.45, 7) is 1.99. The van der Waals surface area contributed by atoms with Gasteiger partial charge in [0.1, 0.15) is 5.75 Å². The standard InChI is InChI=1S/C17H18ClNO/c1-11-5-6-13(10-16(11)18)17(19)12-3-2-4-15(9-12)20-14-7-8-14/h2-6,9-10,14,17H,7-8,19H2,1H3. The molecular weight excluding hydrogens is 270 g/mol. The fourth-order valence-electron chi connectivity index (χ4n) is 2.15. The van der Waals surface area contributed by atoms with Crippen molar-refractivity contribution in [3.05, 3.63) is 64.2 Å². The molecule has 2 N–H and O–H groups in total. The number of halogens is 1. The largest absolute Gasteiger partial charge is 0.490 e. The van der Waals surface area contributed by atoms with E-state index in [2.05, 4.69) is 0 Å². The Labute approximate surface area is 124 Å². The Bertz CT molecular complexity index is 622. The van der Waals surface area contributed by atoms with Crippen molar-refractivity contribution in [1.29, 1.82) is 0 Å². The maximum atomic E-state index is 6.34. The lowest BCUT2D eigenvalue weighted by molar-refractivity contribution is 0.303. The van der Waals surface area contributed by atoms with E-state index in [9.17, 15) is 0 Å². The predicted molar refractivity (Wildman–Crippen MR) is 82.3 cm³/mol. The van der Waals surface area contributed by atoms with Gasteiger partial charge in [-0.3, -0.25) is 0 Å². The minimum absolute atomic E-state index is 0.184. The zero-order valence-electron chi connectivity index (χ0n) is 11.5. The molecule has 20 heavy (non-hydrogen) atoms. The van der Waals surface area contributed by atoms with Crippen LogP contribution in [-0.2, 0) is 0 Å². The van der Waals surface area contributed by atoms with Gasteiger partial charge in [-0.15, -0.1) is 0 Å². The number of rotatable bonds is 4. The van der Waals surface area contributed by atoms with E-state index in [0.29, 0.717) is 6.10 Å². The van der Waals surface area contributed by atoms with Crippen LogP contribution in [0.25, 0.3) is 0 Å². The van der Waals surface area contributed by atoms with Crippen molar-refractivity contribution >= 4 is 11.6 Å². The molecule has 1 fully saturated rings. The molecular formula is C17H18ClNO. The Kier molecular flexibility index (Phi) is 3.68. The molecule has 1 aliphatic carbocycles. The van der Waals surface area contributed by atoms with E-state index in [-0.39, 0.29) is 6.04 Å². The Morgan fingerprint density at radius 2 is 1.90 bits per heavy atom. The van der Waals surface area contributed by atoms with Crippen LogP contribution in [0.1, 0.15) is 35.6 Å². The highest BCUT2D eigenvalue weighted by molar-refractivity contribution is 6.31. The normalized spacial score (nSPS) is 15.9. The van der Waals surface area contributed by atoms with E-state index in [1.807, 2.05) is 49.4 Å². The smallest absolute Gasteiger partial charge is 0.120 e. The van der Waals surface area contributed by atoms with E-state index in [1.165, 1.54) is 0 Å². The van der Waals surface area contributed by atoms with Crippen molar-refractivity contribution in [3.8, 4) is 5.75 Å². The Morgan fingerprint density at radius 3 is 2.60 bits per heavy atom. The molecule has 1 atom stereocenters. The number of nitrogens with two attached hydrogens (primary N) is 1. The molecule has 2 aromatic rings. The van der Waals surface area contributed by atoms with Crippen LogP contribution in [0.3, 0.4) is 0 Å². The average Bonchev–Trinajstić information content (AvgIpc) is 3.25. The monoisotopic (exact) mass is 287 g/mol. The summed E-state index contributed by atoms with van der Waals surface area (Å²) in [6.07, 6.45) is 2.71. The maximum Gasteiger partial charge on any atom is 0.120 e. The summed E-state index contributed by atoms with van der Waals surface area (Å²) < 4.78 is 5.81. The molecule has 2 aromatic carbocycles. The minimum atomic E-state index is -0.184. The first-order valence-electron chi connectivity index (χ1n) is 6.92. The van der Waals surface area contributed by atoms with Gasteiger partial charge in [0, 0.05) is 5.02 Å². The van der Waals surface area contributed by atoms with E-state index >= 15 is 0 Å². The van der Waals surface area contributed by atoms with Crippen LogP contribution in [0, 0.1) is 6.92 Å². The van der Waals surface area contributed by atoms with Gasteiger partial charge in [-0.2, -0.15) is 0 Å². The molecule has 0 saturated heterocycles. The first-order chi connectivity index (χ1) is 9.63. The molecule has 3 heteroatoms. The number of hydrogen-bond donors (Lipinski definition) is 1. The SMILES string of the molecule is Cc1ccc(C(N)c2cccc(OC3CC3)c2)cc1Cl. The fraction of sp³-hybridized carbons (Fsp3) is 0.294. The lowest BCUT2D eigenvalue weighted by Crippen LogP contribution is -2.12. The van der Waals surface area contributed by atoms with E-state index < -0.39 is 0 Å². The first-order valence-corrected chi connectivity index (χ1v) is 7.29. The highest BCUT2D eigenvalue weighted by Crippen LogP contribution is 2.30. The fourth-order valence-corrected chi connectivity index (χ4v) is 2.34. The summed E-state index contributed by atoms with van der Waals surface area (Å²) in [4.78, 5) is 0. The van der Waals surface area contributed by atoms with E-state index in [4.69, 9.17) is 22.1 Å². The second-order valence-corrected chi connectivity index (χ2v) is 5.78. The summed E-state index contributed by atoms with van der Waals surface area (Å²) in [7, 11) is 0. The molecule has 0 amide bonds. The second kappa shape index (κ2) is 5.47. The molecule has 104 valence electrons. The summed E-state index contributed by atoms with van der Waals surface area (Å²) >= 11 is 6.17. The zero-order valence-corrected chi connectivity index (χ0v) is 12.2. The number of ether oxygens (including phenoxy) is 1. The van der Waals surface area contributed by atoms with Crippen LogP contribution in [0.5, 0.6) is 5.75 Å². The third-order valence-corrected chi connectivity index (χ3v) is 4.01. The maximum absolute atomic E-state index is 6.34. The van der Waals surface area contributed by atoms with Crippen molar-refractivity contribution in [2.75, 3.05) is 0 Å². The second-order valence-electron chi connectivity index (χ2n) is 5.38. The number of hydrogen-bond acceptors (Lipinski definition) is 2. The Morgan fingerprint density at radius 1 is 1.15 bits per heavy atom. The van der Waals surface area contributed by atoms with Crippen molar-refractivity contribution in [2.24, 2.45) is 5.73 Å². The van der Waals surface area contributed by atoms with Gasteiger partial charge in [0.25, 0.3) is 0 Å². The summed E-state index contributed by atoms with van der Waals surface area (Å²) in [6, 6.07) is 13.8. The molecule has 0 aliphatic heterocycles. The Hall–Kier alpha value is -1.51. The summed E-state index contributed by atoms with van der Waals surface area (Å²) in [5.74, 6) is 0.902. The molecule has 0 spiro atoms. The molecule has 1 unspecified atom stereocenters. The van der Waals surface area contributed by atoms with E-state index in [1.54, 1.807) is 0 Å². The summed E-state index contributed by atoms with van der Waals surface area (Å²) in [5, 5.41) is 0.753. The molecule has 0 heterocycles. The van der Waals surface area contributed by atoms with Crippen LogP contribution >= 0.6 is 11.6 Å². The lowest BCUT2D eigenvalue weighted by atomic mass is 9.98. The van der Waals surface area contributed by atoms with Gasteiger partial charge < -0.3 is 10.5 Å². The van der Waals surface area contributed by atoms with Crippen molar-refractivity contribution in [3.63, 3.8) is 0 Å². The number of benzene rings is 2. The molecule has 0 bridgehead atoms. The quantitative estimate of drug-likeness (QED) is 0.913. The molecule has 0 radical (unpaired) electrons. The Balaban J connectivity index is 1.84.